The fraction of sp³-hybridized carbons (Fsp3) is 0.417. The lowest BCUT2D eigenvalue weighted by Gasteiger charge is -2.14. The Labute approximate surface area is 172 Å². The third-order valence-electron chi connectivity index (χ3n) is 5.98. The Morgan fingerprint density at radius 1 is 1.10 bits per heavy atom. The van der Waals surface area contributed by atoms with Gasteiger partial charge in [-0.25, -0.2) is 4.98 Å². The Morgan fingerprint density at radius 3 is 2.72 bits per heavy atom. The van der Waals surface area contributed by atoms with Gasteiger partial charge in [-0.2, -0.15) is 0 Å². The summed E-state index contributed by atoms with van der Waals surface area (Å²) < 4.78 is 8.32. The molecular formula is C24H29N3O2. The summed E-state index contributed by atoms with van der Waals surface area (Å²) in [5, 5.41) is 0. The van der Waals surface area contributed by atoms with Crippen molar-refractivity contribution in [3.8, 4) is 5.75 Å². The summed E-state index contributed by atoms with van der Waals surface area (Å²) in [7, 11) is 1.87. The summed E-state index contributed by atoms with van der Waals surface area (Å²) >= 11 is 0. The number of nitrogens with zero attached hydrogens (tertiary/aromatic N) is 3. The van der Waals surface area contributed by atoms with E-state index in [0.717, 1.165) is 48.5 Å². The highest BCUT2D eigenvalue weighted by atomic mass is 16.5. The van der Waals surface area contributed by atoms with Crippen LogP contribution >= 0.6 is 0 Å². The molecule has 1 atom stereocenters. The zero-order chi connectivity index (χ0) is 20.4. The van der Waals surface area contributed by atoms with Gasteiger partial charge in [0.15, 0.2) is 0 Å². The predicted molar refractivity (Wildman–Crippen MR) is 115 cm³/mol. The number of unbranched alkanes of at least 4 members (excludes halogenated alkanes) is 1. The molecule has 3 aromatic rings. The van der Waals surface area contributed by atoms with Crippen LogP contribution in [0.5, 0.6) is 5.75 Å². The first-order chi connectivity index (χ1) is 14.0. The van der Waals surface area contributed by atoms with Gasteiger partial charge < -0.3 is 14.2 Å². The SMILES string of the molecule is Cc1cccc(OCCCCn2c(C3CC(=O)N(C)C3)nc3ccccc32)c1C. The molecule has 0 N–H and O–H groups in total. The van der Waals surface area contributed by atoms with Crippen LogP contribution in [0.2, 0.25) is 0 Å². The van der Waals surface area contributed by atoms with Crippen LogP contribution in [0, 0.1) is 13.8 Å². The van der Waals surface area contributed by atoms with Crippen LogP contribution < -0.4 is 4.74 Å². The largest absolute Gasteiger partial charge is 0.493 e. The molecule has 2 aromatic carbocycles. The summed E-state index contributed by atoms with van der Waals surface area (Å²) in [6.45, 7) is 6.56. The molecule has 0 radical (unpaired) electrons. The fourth-order valence-corrected chi connectivity index (χ4v) is 4.11. The van der Waals surface area contributed by atoms with E-state index in [-0.39, 0.29) is 11.8 Å². The molecule has 0 bridgehead atoms. The molecule has 1 aliphatic heterocycles. The predicted octanol–water partition coefficient (Wildman–Crippen LogP) is 4.46. The van der Waals surface area contributed by atoms with E-state index < -0.39 is 0 Å². The quantitative estimate of drug-likeness (QED) is 0.559. The maximum absolute atomic E-state index is 12.0. The molecule has 4 rings (SSSR count). The Morgan fingerprint density at radius 2 is 1.93 bits per heavy atom. The monoisotopic (exact) mass is 391 g/mol. The van der Waals surface area contributed by atoms with Crippen molar-refractivity contribution in [2.24, 2.45) is 0 Å². The van der Waals surface area contributed by atoms with E-state index in [1.807, 2.05) is 30.1 Å². The molecule has 152 valence electrons. The zero-order valence-electron chi connectivity index (χ0n) is 17.5. The Balaban J connectivity index is 1.43. The van der Waals surface area contributed by atoms with Gasteiger partial charge in [0.25, 0.3) is 0 Å². The summed E-state index contributed by atoms with van der Waals surface area (Å²) in [5.41, 5.74) is 4.63. The molecule has 0 spiro atoms. The summed E-state index contributed by atoms with van der Waals surface area (Å²) in [6, 6.07) is 14.4. The Bertz CT molecular complexity index is 1020. The van der Waals surface area contributed by atoms with Crippen molar-refractivity contribution >= 4 is 16.9 Å². The topological polar surface area (TPSA) is 47.4 Å². The van der Waals surface area contributed by atoms with Gasteiger partial charge in [-0.1, -0.05) is 24.3 Å². The van der Waals surface area contributed by atoms with E-state index in [1.54, 1.807) is 0 Å². The summed E-state index contributed by atoms with van der Waals surface area (Å²) in [4.78, 5) is 18.7. The smallest absolute Gasteiger partial charge is 0.223 e. The molecule has 1 amide bonds. The number of carbonyl (C=O) groups excluding carboxylic acids is 1. The van der Waals surface area contributed by atoms with Gasteiger partial charge in [0, 0.05) is 32.5 Å². The summed E-state index contributed by atoms with van der Waals surface area (Å²) in [5.74, 6) is 2.40. The number of likely N-dealkylation sites (N-methyl/N-ethyl adjacent to an activating group) is 1. The number of amides is 1. The van der Waals surface area contributed by atoms with E-state index >= 15 is 0 Å². The number of aromatic nitrogens is 2. The highest BCUT2D eigenvalue weighted by molar-refractivity contribution is 5.80. The molecule has 5 heteroatoms. The number of aryl methyl sites for hydroxylation is 2. The van der Waals surface area contributed by atoms with Gasteiger partial charge in [0.2, 0.25) is 5.91 Å². The van der Waals surface area contributed by atoms with Gasteiger partial charge in [0.1, 0.15) is 11.6 Å². The number of hydrogen-bond donors (Lipinski definition) is 0. The number of para-hydroxylation sites is 2. The second-order valence-corrected chi connectivity index (χ2v) is 8.04. The highest BCUT2D eigenvalue weighted by Gasteiger charge is 2.31. The molecule has 0 saturated carbocycles. The van der Waals surface area contributed by atoms with E-state index in [4.69, 9.17) is 9.72 Å². The number of carbonyl (C=O) groups is 1. The first-order valence-electron chi connectivity index (χ1n) is 10.4. The Hall–Kier alpha value is -2.82. The number of ether oxygens (including phenoxy) is 1. The number of hydrogen-bond acceptors (Lipinski definition) is 3. The van der Waals surface area contributed by atoms with E-state index in [9.17, 15) is 4.79 Å². The minimum absolute atomic E-state index is 0.172. The molecule has 1 unspecified atom stereocenters. The van der Waals surface area contributed by atoms with Crippen molar-refractivity contribution in [1.29, 1.82) is 0 Å². The van der Waals surface area contributed by atoms with Crippen LogP contribution in [0.4, 0.5) is 0 Å². The first kappa shape index (κ1) is 19.5. The number of fused-ring (bicyclic) bond motifs is 1. The number of benzene rings is 2. The number of likely N-dealkylation sites (tertiary alicyclic amines) is 1. The summed E-state index contributed by atoms with van der Waals surface area (Å²) in [6.07, 6.45) is 2.53. The van der Waals surface area contributed by atoms with Crippen LogP contribution in [-0.4, -0.2) is 40.6 Å². The fourth-order valence-electron chi connectivity index (χ4n) is 4.11. The van der Waals surface area contributed by atoms with Crippen LogP contribution in [0.3, 0.4) is 0 Å². The second kappa shape index (κ2) is 8.27. The van der Waals surface area contributed by atoms with Crippen LogP contribution in [0.15, 0.2) is 42.5 Å². The van der Waals surface area contributed by atoms with Crippen molar-refractivity contribution in [3.63, 3.8) is 0 Å². The standard InChI is InChI=1S/C24H29N3O2/c1-17-9-8-12-22(18(17)2)29-14-7-6-13-27-21-11-5-4-10-20(21)25-24(27)19-15-23(28)26(3)16-19/h4-5,8-12,19H,6-7,13-16H2,1-3H3. The molecule has 29 heavy (non-hydrogen) atoms. The molecule has 1 saturated heterocycles. The normalized spacial score (nSPS) is 16.7. The van der Waals surface area contributed by atoms with Gasteiger partial charge >= 0.3 is 0 Å². The van der Waals surface area contributed by atoms with Crippen LogP contribution in [0.1, 0.15) is 42.1 Å². The van der Waals surface area contributed by atoms with E-state index in [2.05, 4.69) is 42.7 Å². The minimum Gasteiger partial charge on any atom is -0.493 e. The number of imidazole rings is 1. The average Bonchev–Trinajstić information content (AvgIpc) is 3.25. The maximum Gasteiger partial charge on any atom is 0.223 e. The first-order valence-corrected chi connectivity index (χ1v) is 10.4. The van der Waals surface area contributed by atoms with Gasteiger partial charge in [0.05, 0.1) is 17.6 Å². The van der Waals surface area contributed by atoms with Gasteiger partial charge in [-0.3, -0.25) is 4.79 Å². The lowest BCUT2D eigenvalue weighted by Crippen LogP contribution is -2.19. The van der Waals surface area contributed by atoms with Crippen molar-refractivity contribution in [2.45, 2.75) is 45.6 Å². The van der Waals surface area contributed by atoms with Crippen molar-refractivity contribution in [1.82, 2.24) is 14.5 Å². The lowest BCUT2D eigenvalue weighted by molar-refractivity contribution is -0.126. The molecular weight excluding hydrogens is 362 g/mol. The van der Waals surface area contributed by atoms with Gasteiger partial charge in [-0.15, -0.1) is 0 Å². The molecule has 5 nitrogen and oxygen atoms in total. The molecule has 1 aromatic heterocycles. The van der Waals surface area contributed by atoms with Gasteiger partial charge in [-0.05, 0) is 56.0 Å². The molecule has 2 heterocycles. The van der Waals surface area contributed by atoms with Crippen molar-refractivity contribution < 1.29 is 9.53 Å². The highest BCUT2D eigenvalue weighted by Crippen LogP contribution is 2.30. The molecule has 1 aliphatic rings. The Kier molecular flexibility index (Phi) is 5.56. The van der Waals surface area contributed by atoms with Crippen LogP contribution in [0.25, 0.3) is 11.0 Å². The molecule has 0 aliphatic carbocycles. The van der Waals surface area contributed by atoms with Crippen LogP contribution in [-0.2, 0) is 11.3 Å². The lowest BCUT2D eigenvalue weighted by atomic mass is 10.1. The molecule has 1 fully saturated rings. The van der Waals surface area contributed by atoms with E-state index in [1.165, 1.54) is 11.1 Å². The van der Waals surface area contributed by atoms with Crippen molar-refractivity contribution in [3.05, 3.63) is 59.4 Å². The third-order valence-corrected chi connectivity index (χ3v) is 5.98. The van der Waals surface area contributed by atoms with Crippen molar-refractivity contribution in [2.75, 3.05) is 20.2 Å². The zero-order valence-corrected chi connectivity index (χ0v) is 17.5. The maximum atomic E-state index is 12.0. The average molecular weight is 392 g/mol. The third kappa shape index (κ3) is 4.00. The number of rotatable bonds is 7. The minimum atomic E-state index is 0.172. The second-order valence-electron chi connectivity index (χ2n) is 8.04. The van der Waals surface area contributed by atoms with E-state index in [0.29, 0.717) is 13.0 Å².